The predicted octanol–water partition coefficient (Wildman–Crippen LogP) is 1.34. The zero-order valence-corrected chi connectivity index (χ0v) is 14.5. The van der Waals surface area contributed by atoms with Crippen LogP contribution in [0.5, 0.6) is 5.88 Å². The van der Waals surface area contributed by atoms with E-state index in [4.69, 9.17) is 9.47 Å². The first kappa shape index (κ1) is 17.0. The van der Waals surface area contributed by atoms with Crippen LogP contribution in [0.2, 0.25) is 0 Å². The van der Waals surface area contributed by atoms with Crippen LogP contribution in [-0.4, -0.2) is 67.5 Å². The molecule has 0 saturated carbocycles. The SMILES string of the molecule is CN(C)c1ccc(OC2CCCN(C(=O)C3CCOCC3)C2)nn1. The van der Waals surface area contributed by atoms with E-state index in [0.717, 1.165) is 38.0 Å². The fourth-order valence-corrected chi connectivity index (χ4v) is 3.22. The van der Waals surface area contributed by atoms with E-state index in [-0.39, 0.29) is 17.9 Å². The molecule has 0 radical (unpaired) electrons. The van der Waals surface area contributed by atoms with E-state index in [2.05, 4.69) is 10.2 Å². The first-order valence-electron chi connectivity index (χ1n) is 8.67. The number of anilines is 1. The lowest BCUT2D eigenvalue weighted by Gasteiger charge is -2.35. The number of carbonyl (C=O) groups excluding carboxylic acids is 1. The van der Waals surface area contributed by atoms with Crippen molar-refractivity contribution in [3.63, 3.8) is 0 Å². The molecule has 7 heteroatoms. The monoisotopic (exact) mass is 334 g/mol. The van der Waals surface area contributed by atoms with Gasteiger partial charge in [-0.25, -0.2) is 0 Å². The summed E-state index contributed by atoms with van der Waals surface area (Å²) < 4.78 is 11.3. The molecule has 0 N–H and O–H groups in total. The van der Waals surface area contributed by atoms with E-state index < -0.39 is 0 Å². The summed E-state index contributed by atoms with van der Waals surface area (Å²) >= 11 is 0. The lowest BCUT2D eigenvalue weighted by Crippen LogP contribution is -2.47. The largest absolute Gasteiger partial charge is 0.471 e. The number of carbonyl (C=O) groups is 1. The van der Waals surface area contributed by atoms with Gasteiger partial charge in [0.1, 0.15) is 6.10 Å². The van der Waals surface area contributed by atoms with Gasteiger partial charge in [0.25, 0.3) is 0 Å². The van der Waals surface area contributed by atoms with E-state index in [1.54, 1.807) is 0 Å². The highest BCUT2D eigenvalue weighted by Gasteiger charge is 2.30. The van der Waals surface area contributed by atoms with Crippen LogP contribution in [0.3, 0.4) is 0 Å². The van der Waals surface area contributed by atoms with Gasteiger partial charge in [-0.05, 0) is 31.7 Å². The van der Waals surface area contributed by atoms with Gasteiger partial charge in [-0.3, -0.25) is 4.79 Å². The van der Waals surface area contributed by atoms with Gasteiger partial charge in [-0.1, -0.05) is 0 Å². The molecule has 1 atom stereocenters. The van der Waals surface area contributed by atoms with Crippen molar-refractivity contribution in [2.24, 2.45) is 5.92 Å². The Hall–Kier alpha value is -1.89. The van der Waals surface area contributed by atoms with Crippen LogP contribution in [0.1, 0.15) is 25.7 Å². The Kier molecular flexibility index (Phi) is 5.50. The first-order chi connectivity index (χ1) is 11.6. The van der Waals surface area contributed by atoms with Gasteiger partial charge in [-0.15, -0.1) is 10.2 Å². The van der Waals surface area contributed by atoms with Crippen molar-refractivity contribution in [2.45, 2.75) is 31.8 Å². The number of hydrogen-bond acceptors (Lipinski definition) is 6. The molecule has 132 valence electrons. The normalized spacial score (nSPS) is 22.2. The average molecular weight is 334 g/mol. The van der Waals surface area contributed by atoms with Crippen LogP contribution in [-0.2, 0) is 9.53 Å². The van der Waals surface area contributed by atoms with Crippen molar-refractivity contribution in [3.8, 4) is 5.88 Å². The summed E-state index contributed by atoms with van der Waals surface area (Å²) in [6, 6.07) is 3.72. The fraction of sp³-hybridized carbons (Fsp3) is 0.706. The summed E-state index contributed by atoms with van der Waals surface area (Å²) in [6.07, 6.45) is 3.55. The number of amides is 1. The van der Waals surface area contributed by atoms with Gasteiger partial charge >= 0.3 is 0 Å². The lowest BCUT2D eigenvalue weighted by atomic mass is 9.97. The number of aromatic nitrogens is 2. The summed E-state index contributed by atoms with van der Waals surface area (Å²) in [5.41, 5.74) is 0. The van der Waals surface area contributed by atoms with Gasteiger partial charge in [-0.2, -0.15) is 0 Å². The molecule has 0 aliphatic carbocycles. The van der Waals surface area contributed by atoms with E-state index >= 15 is 0 Å². The van der Waals surface area contributed by atoms with Gasteiger partial charge in [0.05, 0.1) is 6.54 Å². The molecule has 0 aromatic carbocycles. The van der Waals surface area contributed by atoms with E-state index in [1.807, 2.05) is 36.0 Å². The molecule has 2 aliphatic heterocycles. The van der Waals surface area contributed by atoms with Crippen LogP contribution in [0, 0.1) is 5.92 Å². The Morgan fingerprint density at radius 3 is 2.71 bits per heavy atom. The van der Waals surface area contributed by atoms with Crippen molar-refractivity contribution in [3.05, 3.63) is 12.1 Å². The van der Waals surface area contributed by atoms with Crippen LogP contribution in [0.15, 0.2) is 12.1 Å². The van der Waals surface area contributed by atoms with Crippen LogP contribution >= 0.6 is 0 Å². The molecule has 24 heavy (non-hydrogen) atoms. The van der Waals surface area contributed by atoms with Gasteiger partial charge < -0.3 is 19.3 Å². The number of likely N-dealkylation sites (tertiary alicyclic amines) is 1. The standard InChI is InChI=1S/C17H26N4O3/c1-20(2)15-5-6-16(19-18-15)24-14-4-3-9-21(12-14)17(22)13-7-10-23-11-8-13/h5-6,13-14H,3-4,7-12H2,1-2H3. The number of nitrogens with zero attached hydrogens (tertiary/aromatic N) is 4. The van der Waals surface area contributed by atoms with Gasteiger partial charge in [0.2, 0.25) is 11.8 Å². The fourth-order valence-electron chi connectivity index (χ4n) is 3.22. The Morgan fingerprint density at radius 1 is 1.25 bits per heavy atom. The molecule has 1 unspecified atom stereocenters. The second-order valence-corrected chi connectivity index (χ2v) is 6.68. The smallest absolute Gasteiger partial charge is 0.233 e. The highest BCUT2D eigenvalue weighted by molar-refractivity contribution is 5.79. The maximum atomic E-state index is 12.7. The zero-order chi connectivity index (χ0) is 16.9. The third kappa shape index (κ3) is 4.14. The molecular formula is C17H26N4O3. The number of piperidine rings is 1. The molecule has 7 nitrogen and oxygen atoms in total. The topological polar surface area (TPSA) is 67.8 Å². The summed E-state index contributed by atoms with van der Waals surface area (Å²) in [7, 11) is 3.84. The van der Waals surface area contributed by atoms with E-state index in [0.29, 0.717) is 25.6 Å². The molecule has 0 spiro atoms. The molecule has 3 heterocycles. The van der Waals surface area contributed by atoms with Crippen LogP contribution in [0.4, 0.5) is 5.82 Å². The maximum Gasteiger partial charge on any atom is 0.233 e. The molecule has 1 aromatic rings. The lowest BCUT2D eigenvalue weighted by molar-refractivity contribution is -0.141. The van der Waals surface area contributed by atoms with Crippen molar-refractivity contribution in [1.29, 1.82) is 0 Å². The van der Waals surface area contributed by atoms with Crippen molar-refractivity contribution in [1.82, 2.24) is 15.1 Å². The molecule has 0 bridgehead atoms. The second-order valence-electron chi connectivity index (χ2n) is 6.68. The number of hydrogen-bond donors (Lipinski definition) is 0. The second kappa shape index (κ2) is 7.79. The minimum absolute atomic E-state index is 0.0120. The van der Waals surface area contributed by atoms with Crippen molar-refractivity contribution >= 4 is 11.7 Å². The third-order valence-electron chi connectivity index (χ3n) is 4.63. The number of rotatable bonds is 4. The number of ether oxygens (including phenoxy) is 2. The Labute approximate surface area is 142 Å². The third-order valence-corrected chi connectivity index (χ3v) is 4.63. The van der Waals surface area contributed by atoms with Gasteiger partial charge in [0.15, 0.2) is 5.82 Å². The molecule has 1 aromatic heterocycles. The molecule has 2 fully saturated rings. The highest BCUT2D eigenvalue weighted by Crippen LogP contribution is 2.22. The molecular weight excluding hydrogens is 308 g/mol. The van der Waals surface area contributed by atoms with E-state index in [9.17, 15) is 4.79 Å². The molecule has 3 rings (SSSR count). The van der Waals surface area contributed by atoms with Crippen LogP contribution < -0.4 is 9.64 Å². The highest BCUT2D eigenvalue weighted by atomic mass is 16.5. The summed E-state index contributed by atoms with van der Waals surface area (Å²) in [5.74, 6) is 1.67. The minimum Gasteiger partial charge on any atom is -0.471 e. The quantitative estimate of drug-likeness (QED) is 0.828. The average Bonchev–Trinajstić information content (AvgIpc) is 2.62. The molecule has 2 saturated heterocycles. The van der Waals surface area contributed by atoms with Crippen molar-refractivity contribution in [2.75, 3.05) is 45.3 Å². The van der Waals surface area contributed by atoms with Gasteiger partial charge in [0, 0.05) is 45.8 Å². The van der Waals surface area contributed by atoms with Crippen molar-refractivity contribution < 1.29 is 14.3 Å². The predicted molar refractivity (Wildman–Crippen MR) is 90.1 cm³/mol. The van der Waals surface area contributed by atoms with Crippen LogP contribution in [0.25, 0.3) is 0 Å². The summed E-state index contributed by atoms with van der Waals surface area (Å²) in [5, 5.41) is 8.25. The first-order valence-corrected chi connectivity index (χ1v) is 8.67. The molecule has 2 aliphatic rings. The maximum absolute atomic E-state index is 12.7. The Morgan fingerprint density at radius 2 is 2.04 bits per heavy atom. The molecule has 1 amide bonds. The summed E-state index contributed by atoms with van der Waals surface area (Å²) in [4.78, 5) is 16.5. The minimum atomic E-state index is -0.0120. The zero-order valence-electron chi connectivity index (χ0n) is 14.5. The van der Waals surface area contributed by atoms with E-state index in [1.165, 1.54) is 0 Å². The summed E-state index contributed by atoms with van der Waals surface area (Å²) in [6.45, 7) is 2.84. The Balaban J connectivity index is 1.55. The Bertz CT molecular complexity index is 543.